The van der Waals surface area contributed by atoms with Gasteiger partial charge in [0.05, 0.1) is 17.7 Å². The van der Waals surface area contributed by atoms with Crippen LogP contribution in [0, 0.1) is 11.3 Å². The summed E-state index contributed by atoms with van der Waals surface area (Å²) >= 11 is 0. The fourth-order valence-corrected chi connectivity index (χ4v) is 3.92. The molecule has 1 amide bonds. The standard InChI is InChI=1S/C25H32N4O/c1-4-19(2)23-7-5-6-8-24(23)27-25(30)20(3)29-15-13-28(14-16-29)18-22-11-9-21(17-26)10-12-22/h5-12,19-20H,4,13-16,18H2,1-3H3,(H,27,30)/t19-,20-/m1/s1. The first-order chi connectivity index (χ1) is 14.5. The zero-order valence-electron chi connectivity index (χ0n) is 18.3. The highest BCUT2D eigenvalue weighted by atomic mass is 16.2. The third-order valence-electron chi connectivity index (χ3n) is 6.19. The van der Waals surface area contributed by atoms with Crippen LogP contribution in [0.4, 0.5) is 5.69 Å². The van der Waals surface area contributed by atoms with Gasteiger partial charge in [-0.2, -0.15) is 5.26 Å². The molecule has 0 saturated carbocycles. The molecule has 1 fully saturated rings. The van der Waals surface area contributed by atoms with Gasteiger partial charge in [-0.3, -0.25) is 14.6 Å². The molecular weight excluding hydrogens is 372 g/mol. The van der Waals surface area contributed by atoms with Crippen LogP contribution >= 0.6 is 0 Å². The maximum Gasteiger partial charge on any atom is 0.241 e. The van der Waals surface area contributed by atoms with E-state index in [1.165, 1.54) is 11.1 Å². The molecule has 2 aromatic carbocycles. The van der Waals surface area contributed by atoms with Crippen LogP contribution in [0.5, 0.6) is 0 Å². The van der Waals surface area contributed by atoms with Crippen molar-refractivity contribution in [2.75, 3.05) is 31.5 Å². The summed E-state index contributed by atoms with van der Waals surface area (Å²) in [6.07, 6.45) is 1.05. The largest absolute Gasteiger partial charge is 0.324 e. The van der Waals surface area contributed by atoms with E-state index in [1.807, 2.05) is 49.4 Å². The van der Waals surface area contributed by atoms with E-state index in [0.29, 0.717) is 11.5 Å². The summed E-state index contributed by atoms with van der Waals surface area (Å²) < 4.78 is 0. The van der Waals surface area contributed by atoms with E-state index in [9.17, 15) is 4.79 Å². The van der Waals surface area contributed by atoms with Crippen molar-refractivity contribution in [3.05, 3.63) is 65.2 Å². The van der Waals surface area contributed by atoms with Gasteiger partial charge < -0.3 is 5.32 Å². The lowest BCUT2D eigenvalue weighted by atomic mass is 9.97. The molecule has 5 nitrogen and oxygen atoms in total. The number of benzene rings is 2. The molecule has 0 spiro atoms. The van der Waals surface area contributed by atoms with Gasteiger partial charge in [0.25, 0.3) is 0 Å². The Kier molecular flexibility index (Phi) is 7.62. The summed E-state index contributed by atoms with van der Waals surface area (Å²) in [6, 6.07) is 17.9. The van der Waals surface area contributed by atoms with E-state index in [0.717, 1.165) is 44.8 Å². The number of nitriles is 1. The van der Waals surface area contributed by atoms with Crippen LogP contribution in [0.2, 0.25) is 0 Å². The monoisotopic (exact) mass is 404 g/mol. The molecule has 158 valence electrons. The second kappa shape index (κ2) is 10.4. The molecule has 3 rings (SSSR count). The quantitative estimate of drug-likeness (QED) is 0.751. The number of nitrogens with one attached hydrogen (secondary N) is 1. The molecule has 1 saturated heterocycles. The van der Waals surface area contributed by atoms with Gasteiger partial charge in [-0.15, -0.1) is 0 Å². The topological polar surface area (TPSA) is 59.4 Å². The van der Waals surface area contributed by atoms with Crippen molar-refractivity contribution in [3.63, 3.8) is 0 Å². The minimum atomic E-state index is -0.160. The van der Waals surface area contributed by atoms with Crippen LogP contribution in [0.3, 0.4) is 0 Å². The van der Waals surface area contributed by atoms with Crippen molar-refractivity contribution in [1.82, 2.24) is 9.80 Å². The lowest BCUT2D eigenvalue weighted by Crippen LogP contribution is -2.52. The molecule has 1 N–H and O–H groups in total. The van der Waals surface area contributed by atoms with Crippen molar-refractivity contribution in [2.24, 2.45) is 0 Å². The first kappa shape index (κ1) is 22.0. The van der Waals surface area contributed by atoms with Crippen molar-refractivity contribution < 1.29 is 4.79 Å². The number of nitrogens with zero attached hydrogens (tertiary/aromatic N) is 3. The van der Waals surface area contributed by atoms with Crippen LogP contribution < -0.4 is 5.32 Å². The number of hydrogen-bond donors (Lipinski definition) is 1. The smallest absolute Gasteiger partial charge is 0.241 e. The zero-order valence-corrected chi connectivity index (χ0v) is 18.3. The van der Waals surface area contributed by atoms with Gasteiger partial charge in [0.1, 0.15) is 0 Å². The number of anilines is 1. The number of amides is 1. The molecule has 1 aliphatic heterocycles. The van der Waals surface area contributed by atoms with E-state index in [-0.39, 0.29) is 11.9 Å². The van der Waals surface area contributed by atoms with E-state index >= 15 is 0 Å². The van der Waals surface area contributed by atoms with Gasteiger partial charge >= 0.3 is 0 Å². The average molecular weight is 405 g/mol. The highest BCUT2D eigenvalue weighted by molar-refractivity contribution is 5.95. The predicted molar refractivity (Wildman–Crippen MR) is 121 cm³/mol. The molecule has 2 atom stereocenters. The summed E-state index contributed by atoms with van der Waals surface area (Å²) in [4.78, 5) is 17.6. The van der Waals surface area contributed by atoms with Gasteiger partial charge in [0.15, 0.2) is 0 Å². The van der Waals surface area contributed by atoms with E-state index in [1.54, 1.807) is 0 Å². The Labute approximate surface area is 180 Å². The average Bonchev–Trinajstić information content (AvgIpc) is 2.79. The summed E-state index contributed by atoms with van der Waals surface area (Å²) in [5, 5.41) is 12.1. The summed E-state index contributed by atoms with van der Waals surface area (Å²) in [7, 11) is 0. The number of rotatable bonds is 7. The molecule has 0 radical (unpaired) electrons. The highest BCUT2D eigenvalue weighted by Crippen LogP contribution is 2.26. The fourth-order valence-electron chi connectivity index (χ4n) is 3.92. The van der Waals surface area contributed by atoms with Gasteiger partial charge in [0.2, 0.25) is 5.91 Å². The van der Waals surface area contributed by atoms with E-state index in [4.69, 9.17) is 5.26 Å². The molecule has 0 aromatic heterocycles. The molecule has 1 heterocycles. The van der Waals surface area contributed by atoms with Gasteiger partial charge in [-0.25, -0.2) is 0 Å². The Morgan fingerprint density at radius 1 is 1.07 bits per heavy atom. The van der Waals surface area contributed by atoms with Crippen LogP contribution in [0.15, 0.2) is 48.5 Å². The van der Waals surface area contributed by atoms with Gasteiger partial charge in [-0.05, 0) is 48.6 Å². The molecule has 0 aliphatic carbocycles. The Hall–Kier alpha value is -2.68. The maximum absolute atomic E-state index is 12.9. The second-order valence-electron chi connectivity index (χ2n) is 8.18. The zero-order chi connectivity index (χ0) is 21.5. The second-order valence-corrected chi connectivity index (χ2v) is 8.18. The fraction of sp³-hybridized carbons (Fsp3) is 0.440. The lowest BCUT2D eigenvalue weighted by molar-refractivity contribution is -0.121. The number of carbonyl (C=O) groups excluding carboxylic acids is 1. The summed E-state index contributed by atoms with van der Waals surface area (Å²) in [6.45, 7) is 10.8. The van der Waals surface area contributed by atoms with Crippen molar-refractivity contribution in [2.45, 2.75) is 45.7 Å². The number of para-hydroxylation sites is 1. The van der Waals surface area contributed by atoms with Crippen LogP contribution in [-0.2, 0) is 11.3 Å². The Bertz CT molecular complexity index is 879. The molecular formula is C25H32N4O. The van der Waals surface area contributed by atoms with Crippen LogP contribution in [0.25, 0.3) is 0 Å². The Morgan fingerprint density at radius 3 is 2.37 bits per heavy atom. The lowest BCUT2D eigenvalue weighted by Gasteiger charge is -2.37. The highest BCUT2D eigenvalue weighted by Gasteiger charge is 2.26. The molecule has 2 aromatic rings. The first-order valence-electron chi connectivity index (χ1n) is 10.9. The van der Waals surface area contributed by atoms with Crippen molar-refractivity contribution in [1.29, 1.82) is 5.26 Å². The Morgan fingerprint density at radius 2 is 1.73 bits per heavy atom. The van der Waals surface area contributed by atoms with E-state index in [2.05, 4.69) is 41.1 Å². The molecule has 0 unspecified atom stereocenters. The number of carbonyl (C=O) groups is 1. The van der Waals surface area contributed by atoms with Crippen LogP contribution in [-0.4, -0.2) is 47.9 Å². The van der Waals surface area contributed by atoms with Crippen LogP contribution in [0.1, 0.15) is 49.8 Å². The summed E-state index contributed by atoms with van der Waals surface area (Å²) in [5.74, 6) is 0.480. The van der Waals surface area contributed by atoms with Gasteiger partial charge in [-0.1, -0.05) is 44.2 Å². The van der Waals surface area contributed by atoms with Crippen molar-refractivity contribution >= 4 is 11.6 Å². The minimum absolute atomic E-state index is 0.0614. The van der Waals surface area contributed by atoms with E-state index < -0.39 is 0 Å². The third-order valence-corrected chi connectivity index (χ3v) is 6.19. The molecule has 0 bridgehead atoms. The minimum Gasteiger partial charge on any atom is -0.324 e. The first-order valence-corrected chi connectivity index (χ1v) is 10.9. The van der Waals surface area contributed by atoms with Crippen molar-refractivity contribution in [3.8, 4) is 6.07 Å². The predicted octanol–water partition coefficient (Wildman–Crippen LogP) is 4.22. The third kappa shape index (κ3) is 5.47. The normalized spacial score (nSPS) is 17.1. The Balaban J connectivity index is 1.53. The summed E-state index contributed by atoms with van der Waals surface area (Å²) in [5.41, 5.74) is 4.05. The SMILES string of the molecule is CC[C@@H](C)c1ccccc1NC(=O)[C@@H](C)N1CCN(Cc2ccc(C#N)cc2)CC1. The molecule has 30 heavy (non-hydrogen) atoms. The number of piperazine rings is 1. The molecule has 5 heteroatoms. The van der Waals surface area contributed by atoms with Gasteiger partial charge in [0, 0.05) is 38.4 Å². The maximum atomic E-state index is 12.9. The number of hydrogen-bond acceptors (Lipinski definition) is 4. The molecule has 1 aliphatic rings.